The Morgan fingerprint density at radius 3 is 2.61 bits per heavy atom. The van der Waals surface area contributed by atoms with Crippen molar-refractivity contribution in [2.24, 2.45) is 0 Å². The minimum Gasteiger partial charge on any atom is -0.444 e. The fraction of sp³-hybridized carbons (Fsp3) is 0.500. The molecule has 1 aromatic heterocycles. The van der Waals surface area contributed by atoms with E-state index in [1.165, 1.54) is 0 Å². The number of hydrogen-bond acceptors (Lipinski definition) is 7. The molecular weight excluding hydrogens is 480 g/mol. The lowest BCUT2D eigenvalue weighted by atomic mass is 10.0. The maximum Gasteiger partial charge on any atom is 0.410 e. The molecule has 1 fully saturated rings. The molecule has 190 valence electrons. The number of anilines is 1. The molecule has 2 aliphatic rings. The fourth-order valence-corrected chi connectivity index (χ4v) is 4.78. The van der Waals surface area contributed by atoms with Crippen LogP contribution in [0, 0.1) is 6.57 Å². The van der Waals surface area contributed by atoms with Gasteiger partial charge in [0.2, 0.25) is 11.8 Å². The van der Waals surface area contributed by atoms with Crippen LogP contribution in [0.2, 0.25) is 5.28 Å². The number of aromatic nitrogens is 2. The SMILES string of the molecule is [C-]#[N+]C[C@H]1CN(c2nc(Cl)nc3c2CCN(C(=O)OC(C)(C)C)C3)CCN1CC(=O)c1ccccc1. The number of carbonyl (C=O) groups is 2. The standard InChI is InChI=1S/C26H31ClN6O3/c1-26(2,3)36-25(35)33-11-10-20-21(16-33)29-24(27)30-23(20)32-13-12-31(19(15-32)14-28-4)17-22(34)18-8-6-5-7-9-18/h5-9,19H,10-17H2,1-3H3/t19-/m0/s1. The van der Waals surface area contributed by atoms with Crippen molar-refractivity contribution in [3.05, 3.63) is 63.9 Å². The summed E-state index contributed by atoms with van der Waals surface area (Å²) >= 11 is 6.31. The van der Waals surface area contributed by atoms with Crippen LogP contribution in [0.1, 0.15) is 42.4 Å². The predicted molar refractivity (Wildman–Crippen MR) is 137 cm³/mol. The number of rotatable bonds is 5. The van der Waals surface area contributed by atoms with Crippen molar-refractivity contribution in [1.29, 1.82) is 0 Å². The summed E-state index contributed by atoms with van der Waals surface area (Å²) in [6, 6.07) is 9.12. The lowest BCUT2D eigenvalue weighted by Gasteiger charge is -2.41. The Kier molecular flexibility index (Phi) is 7.76. The first-order valence-electron chi connectivity index (χ1n) is 12.1. The molecule has 0 saturated carbocycles. The molecule has 0 aliphatic carbocycles. The monoisotopic (exact) mass is 510 g/mol. The van der Waals surface area contributed by atoms with E-state index in [4.69, 9.17) is 22.9 Å². The number of benzene rings is 1. The molecule has 3 heterocycles. The molecule has 1 amide bonds. The van der Waals surface area contributed by atoms with Gasteiger partial charge in [-0.15, -0.1) is 0 Å². The Labute approximate surface area is 216 Å². The molecule has 0 spiro atoms. The van der Waals surface area contributed by atoms with E-state index in [2.05, 4.69) is 24.6 Å². The van der Waals surface area contributed by atoms with Gasteiger partial charge in [0.05, 0.1) is 18.8 Å². The zero-order valence-corrected chi connectivity index (χ0v) is 21.7. The molecule has 9 nitrogen and oxygen atoms in total. The van der Waals surface area contributed by atoms with Crippen LogP contribution in [-0.2, 0) is 17.7 Å². The Morgan fingerprint density at radius 2 is 1.92 bits per heavy atom. The highest BCUT2D eigenvalue weighted by molar-refractivity contribution is 6.28. The summed E-state index contributed by atoms with van der Waals surface area (Å²) in [4.78, 5) is 43.9. The number of nitrogens with zero attached hydrogens (tertiary/aromatic N) is 6. The smallest absolute Gasteiger partial charge is 0.410 e. The van der Waals surface area contributed by atoms with Crippen LogP contribution in [0.15, 0.2) is 30.3 Å². The second-order valence-electron chi connectivity index (χ2n) is 10.1. The predicted octanol–water partition coefficient (Wildman–Crippen LogP) is 3.72. The van der Waals surface area contributed by atoms with Gasteiger partial charge in [-0.25, -0.2) is 21.3 Å². The minimum absolute atomic E-state index is 0.0451. The van der Waals surface area contributed by atoms with Gasteiger partial charge in [0.25, 0.3) is 0 Å². The molecule has 0 N–H and O–H groups in total. The number of ketones is 1. The minimum atomic E-state index is -0.578. The van der Waals surface area contributed by atoms with Gasteiger partial charge in [-0.05, 0) is 38.8 Å². The van der Waals surface area contributed by atoms with Crippen molar-refractivity contribution in [1.82, 2.24) is 19.8 Å². The van der Waals surface area contributed by atoms with Crippen molar-refractivity contribution >= 4 is 29.3 Å². The van der Waals surface area contributed by atoms with Gasteiger partial charge < -0.3 is 19.4 Å². The van der Waals surface area contributed by atoms with Gasteiger partial charge in [0, 0.05) is 37.3 Å². The second kappa shape index (κ2) is 10.8. The first kappa shape index (κ1) is 25.9. The third-order valence-corrected chi connectivity index (χ3v) is 6.49. The molecule has 2 aromatic rings. The van der Waals surface area contributed by atoms with Gasteiger partial charge >= 0.3 is 6.09 Å². The molecular formula is C26H31ClN6O3. The fourth-order valence-electron chi connectivity index (χ4n) is 4.60. The maximum atomic E-state index is 12.8. The van der Waals surface area contributed by atoms with Gasteiger partial charge in [-0.3, -0.25) is 9.69 Å². The number of fused-ring (bicyclic) bond motifs is 1. The Morgan fingerprint density at radius 1 is 1.17 bits per heavy atom. The van der Waals surface area contributed by atoms with E-state index in [9.17, 15) is 9.59 Å². The quantitative estimate of drug-likeness (QED) is 0.344. The zero-order chi connectivity index (χ0) is 25.9. The Bertz CT molecular complexity index is 1160. The normalized spacial score (nSPS) is 18.4. The summed E-state index contributed by atoms with van der Waals surface area (Å²) < 4.78 is 5.52. The van der Waals surface area contributed by atoms with E-state index in [0.29, 0.717) is 50.4 Å². The average Bonchev–Trinajstić information content (AvgIpc) is 2.83. The molecule has 1 atom stereocenters. The molecule has 10 heteroatoms. The first-order chi connectivity index (χ1) is 17.1. The van der Waals surface area contributed by atoms with E-state index < -0.39 is 5.60 Å². The number of amides is 1. The van der Waals surface area contributed by atoms with Crippen molar-refractivity contribution in [2.75, 3.05) is 44.2 Å². The van der Waals surface area contributed by atoms with Gasteiger partial charge in [0.1, 0.15) is 17.5 Å². The summed E-state index contributed by atoms with van der Waals surface area (Å²) in [5, 5.41) is 0.123. The first-order valence-corrected chi connectivity index (χ1v) is 12.5. The van der Waals surface area contributed by atoms with Crippen LogP contribution in [0.4, 0.5) is 10.6 Å². The molecule has 0 bridgehead atoms. The average molecular weight is 511 g/mol. The number of ether oxygens (including phenoxy) is 1. The van der Waals surface area contributed by atoms with E-state index in [1.807, 2.05) is 51.1 Å². The maximum absolute atomic E-state index is 12.8. The van der Waals surface area contributed by atoms with Crippen LogP contribution in [-0.4, -0.2) is 82.6 Å². The van der Waals surface area contributed by atoms with Crippen LogP contribution in [0.25, 0.3) is 4.85 Å². The summed E-state index contributed by atoms with van der Waals surface area (Å²) in [6.07, 6.45) is 0.208. The Balaban J connectivity index is 1.50. The lowest BCUT2D eigenvalue weighted by molar-refractivity contribution is 0.0220. The van der Waals surface area contributed by atoms with Gasteiger partial charge in [0.15, 0.2) is 5.78 Å². The third kappa shape index (κ3) is 6.12. The van der Waals surface area contributed by atoms with Crippen molar-refractivity contribution in [3.8, 4) is 0 Å². The third-order valence-electron chi connectivity index (χ3n) is 6.32. The number of Topliss-reactive ketones (excluding diaryl/α,β-unsaturated/α-hetero) is 1. The summed E-state index contributed by atoms with van der Waals surface area (Å²) in [5.74, 6) is 0.793. The lowest BCUT2D eigenvalue weighted by Crippen LogP contribution is -2.56. The topological polar surface area (TPSA) is 83.2 Å². The van der Waals surface area contributed by atoms with Gasteiger partial charge in [-0.1, -0.05) is 30.3 Å². The van der Waals surface area contributed by atoms with Gasteiger partial charge in [-0.2, -0.15) is 0 Å². The van der Waals surface area contributed by atoms with E-state index in [0.717, 1.165) is 11.4 Å². The number of carbonyl (C=O) groups excluding carboxylic acids is 2. The highest BCUT2D eigenvalue weighted by Crippen LogP contribution is 2.30. The van der Waals surface area contributed by atoms with E-state index in [1.54, 1.807) is 4.90 Å². The van der Waals surface area contributed by atoms with Crippen LogP contribution in [0.5, 0.6) is 0 Å². The zero-order valence-electron chi connectivity index (χ0n) is 20.9. The molecule has 0 radical (unpaired) electrons. The summed E-state index contributed by atoms with van der Waals surface area (Å²) in [7, 11) is 0. The molecule has 1 saturated heterocycles. The second-order valence-corrected chi connectivity index (χ2v) is 10.4. The summed E-state index contributed by atoms with van der Waals surface area (Å²) in [5.41, 5.74) is 1.78. The molecule has 4 rings (SSSR count). The Hall–Kier alpha value is -3.22. The number of halogens is 1. The molecule has 0 unspecified atom stereocenters. The van der Waals surface area contributed by atoms with E-state index in [-0.39, 0.29) is 36.3 Å². The van der Waals surface area contributed by atoms with Crippen molar-refractivity contribution in [2.45, 2.75) is 45.4 Å². The molecule has 1 aromatic carbocycles. The number of piperazine rings is 1. The van der Waals surface area contributed by atoms with E-state index >= 15 is 0 Å². The van der Waals surface area contributed by atoms with Crippen LogP contribution >= 0.6 is 11.6 Å². The van der Waals surface area contributed by atoms with Crippen molar-refractivity contribution < 1.29 is 14.3 Å². The van der Waals surface area contributed by atoms with Crippen LogP contribution in [0.3, 0.4) is 0 Å². The highest BCUT2D eigenvalue weighted by Gasteiger charge is 2.35. The van der Waals surface area contributed by atoms with Crippen LogP contribution < -0.4 is 4.90 Å². The highest BCUT2D eigenvalue weighted by atomic mass is 35.5. The summed E-state index contributed by atoms with van der Waals surface area (Å²) in [6.45, 7) is 16.2. The number of hydrogen-bond donors (Lipinski definition) is 0. The molecule has 2 aliphatic heterocycles. The molecule has 36 heavy (non-hydrogen) atoms. The largest absolute Gasteiger partial charge is 0.444 e. The van der Waals surface area contributed by atoms with Crippen molar-refractivity contribution in [3.63, 3.8) is 0 Å².